The number of aliphatic carboxylic acids is 2. The maximum Gasteiger partial charge on any atom is 0.317 e. The number of nitrogens with two attached hydrogens (primary N) is 2. The van der Waals surface area contributed by atoms with Gasteiger partial charge in [0.25, 0.3) is 0 Å². The minimum absolute atomic E-state index is 0. The molecule has 0 aromatic heterocycles. The van der Waals surface area contributed by atoms with Gasteiger partial charge >= 0.3 is 11.9 Å². The van der Waals surface area contributed by atoms with Gasteiger partial charge in [-0.25, -0.2) is 0 Å². The van der Waals surface area contributed by atoms with Crippen LogP contribution in [-0.4, -0.2) is 52.3 Å². The molecule has 0 aliphatic heterocycles. The second kappa shape index (κ2) is 12.1. The average molecular weight is 229 g/mol. The predicted molar refractivity (Wildman–Crippen MR) is 39.1 cm³/mol. The summed E-state index contributed by atoms with van der Waals surface area (Å²) >= 11 is 0. The van der Waals surface area contributed by atoms with E-state index in [0.717, 1.165) is 0 Å². The van der Waals surface area contributed by atoms with Gasteiger partial charge in [0, 0.05) is 17.1 Å². The van der Waals surface area contributed by atoms with Crippen LogP contribution in [0.2, 0.25) is 0 Å². The van der Waals surface area contributed by atoms with Crippen LogP contribution in [0.1, 0.15) is 0 Å². The zero-order valence-electron chi connectivity index (χ0n) is 5.69. The van der Waals surface area contributed by atoms with E-state index in [2.05, 4.69) is 11.5 Å². The van der Waals surface area contributed by atoms with Crippen LogP contribution in [0, 0.1) is 0 Å². The molecule has 0 amide bonds. The third-order valence-corrected chi connectivity index (χ3v) is 0.349. The van der Waals surface area contributed by atoms with E-state index in [1.165, 1.54) is 0 Å². The Hall–Kier alpha value is -0.621. The topological polar surface area (TPSA) is 127 Å². The fourth-order valence-corrected chi connectivity index (χ4v) is 0. The van der Waals surface area contributed by atoms with Crippen molar-refractivity contribution in [3.8, 4) is 0 Å². The van der Waals surface area contributed by atoms with Gasteiger partial charge in [-0.2, -0.15) is 0 Å². The van der Waals surface area contributed by atoms with Gasteiger partial charge in [-0.3, -0.25) is 9.59 Å². The molecule has 0 saturated heterocycles. The summed E-state index contributed by atoms with van der Waals surface area (Å²) in [4.78, 5) is 18.5. The summed E-state index contributed by atoms with van der Waals surface area (Å²) in [7, 11) is 0. The second-order valence-corrected chi connectivity index (χ2v) is 1.20. The Labute approximate surface area is 74.0 Å². The van der Waals surface area contributed by atoms with E-state index in [4.69, 9.17) is 10.2 Å². The van der Waals surface area contributed by atoms with Gasteiger partial charge in [-0.1, -0.05) is 0 Å². The van der Waals surface area contributed by atoms with E-state index in [1.54, 1.807) is 0 Å². The van der Waals surface area contributed by atoms with E-state index in [0.29, 0.717) is 0 Å². The molecule has 6 nitrogen and oxygen atoms in total. The molecular formula is C4H10N2O4Se. The molecule has 2 radical (unpaired) electrons. The minimum Gasteiger partial charge on any atom is -0.480 e. The molecule has 0 rings (SSSR count). The summed E-state index contributed by atoms with van der Waals surface area (Å²) in [6.45, 7) is -0.556. The zero-order chi connectivity index (χ0) is 8.57. The summed E-state index contributed by atoms with van der Waals surface area (Å²) in [5, 5.41) is 15.2. The van der Waals surface area contributed by atoms with Crippen molar-refractivity contribution in [3.63, 3.8) is 0 Å². The first-order chi connectivity index (χ1) is 4.54. The Morgan fingerprint density at radius 2 is 1.09 bits per heavy atom. The predicted octanol–water partition coefficient (Wildman–Crippen LogP) is -2.32. The van der Waals surface area contributed by atoms with Gasteiger partial charge in [0.2, 0.25) is 0 Å². The maximum absolute atomic E-state index is 9.24. The van der Waals surface area contributed by atoms with Crippen LogP contribution in [0.4, 0.5) is 0 Å². The molecule has 0 heterocycles. The molecule has 0 aliphatic rings. The summed E-state index contributed by atoms with van der Waals surface area (Å²) in [5.41, 5.74) is 9.14. The van der Waals surface area contributed by atoms with E-state index in [9.17, 15) is 9.59 Å². The van der Waals surface area contributed by atoms with E-state index in [1.807, 2.05) is 0 Å². The fourth-order valence-electron chi connectivity index (χ4n) is 0. The van der Waals surface area contributed by atoms with Crippen LogP contribution < -0.4 is 11.5 Å². The van der Waals surface area contributed by atoms with Crippen molar-refractivity contribution in [1.29, 1.82) is 0 Å². The molecule has 0 bridgehead atoms. The smallest absolute Gasteiger partial charge is 0.317 e. The molecule has 7 heteroatoms. The zero-order valence-corrected chi connectivity index (χ0v) is 7.40. The van der Waals surface area contributed by atoms with Crippen LogP contribution in [0.5, 0.6) is 0 Å². The normalized spacial score (nSPS) is 6.73. The molecule has 66 valence electrons. The van der Waals surface area contributed by atoms with Gasteiger partial charge in [0.15, 0.2) is 0 Å². The van der Waals surface area contributed by atoms with Crippen molar-refractivity contribution >= 4 is 29.0 Å². The van der Waals surface area contributed by atoms with E-state index < -0.39 is 11.9 Å². The number of hydrogen-bond donors (Lipinski definition) is 4. The van der Waals surface area contributed by atoms with E-state index in [-0.39, 0.29) is 30.2 Å². The summed E-state index contributed by atoms with van der Waals surface area (Å²) in [5.74, 6) is -1.94. The molecule has 6 N–H and O–H groups in total. The Kier molecular flexibility index (Phi) is 18.4. The molecule has 0 saturated carbocycles. The SMILES string of the molecule is NCC(=O)O.NCC(=O)O.[Se]. The number of carboxylic acid groups (broad SMARTS) is 2. The first-order valence-electron chi connectivity index (χ1n) is 2.38. The van der Waals surface area contributed by atoms with Crippen LogP contribution in [0.25, 0.3) is 0 Å². The van der Waals surface area contributed by atoms with Crippen molar-refractivity contribution in [2.24, 2.45) is 11.5 Å². The Bertz CT molecular complexity index is 105. The van der Waals surface area contributed by atoms with Crippen LogP contribution in [-0.2, 0) is 9.59 Å². The summed E-state index contributed by atoms with van der Waals surface area (Å²) in [6, 6.07) is 0. The van der Waals surface area contributed by atoms with Gasteiger partial charge in [-0.15, -0.1) is 0 Å². The third kappa shape index (κ3) is 44.7. The Morgan fingerprint density at radius 1 is 1.00 bits per heavy atom. The summed E-state index contributed by atoms with van der Waals surface area (Å²) in [6.07, 6.45) is 0. The third-order valence-electron chi connectivity index (χ3n) is 0.349. The number of carboxylic acids is 2. The quantitative estimate of drug-likeness (QED) is 0.393. The van der Waals surface area contributed by atoms with Crippen molar-refractivity contribution in [3.05, 3.63) is 0 Å². The average Bonchev–Trinajstić information content (AvgIpc) is 1.89. The number of rotatable bonds is 2. The van der Waals surface area contributed by atoms with Crippen molar-refractivity contribution in [1.82, 2.24) is 0 Å². The van der Waals surface area contributed by atoms with Crippen molar-refractivity contribution < 1.29 is 19.8 Å². The Morgan fingerprint density at radius 3 is 1.09 bits per heavy atom. The molecule has 0 aromatic rings. The molecular weight excluding hydrogens is 219 g/mol. The second-order valence-electron chi connectivity index (χ2n) is 1.20. The van der Waals surface area contributed by atoms with Crippen LogP contribution in [0.3, 0.4) is 0 Å². The fraction of sp³-hybridized carbons (Fsp3) is 0.500. The molecule has 11 heavy (non-hydrogen) atoms. The first kappa shape index (κ1) is 16.8. The standard InChI is InChI=1S/2C2H5NO2.Se/c2*3-1-2(4)5;/h2*1,3H2,(H,4,5);. The molecule has 0 fully saturated rings. The molecule has 0 aromatic carbocycles. The maximum atomic E-state index is 9.24. The van der Waals surface area contributed by atoms with Crippen LogP contribution in [0.15, 0.2) is 0 Å². The van der Waals surface area contributed by atoms with Crippen molar-refractivity contribution in [2.45, 2.75) is 0 Å². The van der Waals surface area contributed by atoms with Gasteiger partial charge in [-0.05, 0) is 0 Å². The number of carbonyl (C=O) groups is 2. The van der Waals surface area contributed by atoms with Crippen LogP contribution >= 0.6 is 0 Å². The Balaban J connectivity index is -0.000000107. The van der Waals surface area contributed by atoms with Gasteiger partial charge in [0.05, 0.1) is 13.1 Å². The molecule has 0 aliphatic carbocycles. The number of hydrogen-bond acceptors (Lipinski definition) is 4. The van der Waals surface area contributed by atoms with Gasteiger partial charge in [0.1, 0.15) is 0 Å². The summed E-state index contributed by atoms with van der Waals surface area (Å²) < 4.78 is 0. The minimum atomic E-state index is -0.968. The molecule has 0 unspecified atom stereocenters. The van der Waals surface area contributed by atoms with E-state index >= 15 is 0 Å². The van der Waals surface area contributed by atoms with Gasteiger partial charge < -0.3 is 21.7 Å². The molecule has 0 atom stereocenters. The first-order valence-corrected chi connectivity index (χ1v) is 2.38. The monoisotopic (exact) mass is 230 g/mol. The largest absolute Gasteiger partial charge is 0.480 e. The molecule has 0 spiro atoms. The van der Waals surface area contributed by atoms with Crippen molar-refractivity contribution in [2.75, 3.05) is 13.1 Å².